The van der Waals surface area contributed by atoms with Gasteiger partial charge in [0.05, 0.1) is 4.92 Å². The average molecular weight is 312 g/mol. The highest BCUT2D eigenvalue weighted by atomic mass is 16.6. The molecule has 0 saturated carbocycles. The van der Waals surface area contributed by atoms with Gasteiger partial charge < -0.3 is 9.80 Å². The predicted molar refractivity (Wildman–Crippen MR) is 85.4 cm³/mol. The highest BCUT2D eigenvalue weighted by Gasteiger charge is 2.23. The van der Waals surface area contributed by atoms with E-state index in [1.807, 2.05) is 12.1 Å². The smallest absolute Gasteiger partial charge is 0.270 e. The molecule has 1 saturated heterocycles. The molecule has 0 atom stereocenters. The van der Waals surface area contributed by atoms with Crippen LogP contribution in [0.25, 0.3) is 0 Å². The summed E-state index contributed by atoms with van der Waals surface area (Å²) >= 11 is 0. The molecule has 1 amide bonds. The van der Waals surface area contributed by atoms with Crippen molar-refractivity contribution in [3.8, 4) is 0 Å². The van der Waals surface area contributed by atoms with Crippen molar-refractivity contribution in [2.24, 2.45) is 0 Å². The number of benzene rings is 1. The Morgan fingerprint density at radius 2 is 1.78 bits per heavy atom. The van der Waals surface area contributed by atoms with Crippen molar-refractivity contribution in [1.82, 2.24) is 9.88 Å². The highest BCUT2D eigenvalue weighted by molar-refractivity contribution is 5.95. The van der Waals surface area contributed by atoms with Crippen LogP contribution in [0.4, 0.5) is 11.4 Å². The zero-order valence-electron chi connectivity index (χ0n) is 12.5. The number of amides is 1. The van der Waals surface area contributed by atoms with E-state index >= 15 is 0 Å². The summed E-state index contributed by atoms with van der Waals surface area (Å²) in [6.45, 7) is 2.63. The standard InChI is InChI=1S/C16H16N4O3/c21-16(13-2-1-3-15(12-13)20(22)23)19-10-8-18(9-11-19)14-4-6-17-7-5-14/h1-7,12H,8-11H2. The summed E-state index contributed by atoms with van der Waals surface area (Å²) in [6.07, 6.45) is 3.49. The summed E-state index contributed by atoms with van der Waals surface area (Å²) in [4.78, 5) is 30.8. The van der Waals surface area contributed by atoms with Gasteiger partial charge >= 0.3 is 0 Å². The van der Waals surface area contributed by atoms with E-state index in [0.29, 0.717) is 18.7 Å². The molecule has 0 radical (unpaired) electrons. The lowest BCUT2D eigenvalue weighted by atomic mass is 10.1. The third-order valence-corrected chi connectivity index (χ3v) is 3.90. The number of nitrogens with zero attached hydrogens (tertiary/aromatic N) is 4. The molecule has 3 rings (SSSR count). The molecule has 0 spiro atoms. The van der Waals surface area contributed by atoms with Crippen LogP contribution in [0.1, 0.15) is 10.4 Å². The summed E-state index contributed by atoms with van der Waals surface area (Å²) in [6, 6.07) is 9.76. The van der Waals surface area contributed by atoms with Crippen LogP contribution < -0.4 is 4.90 Å². The molecule has 1 aliphatic rings. The van der Waals surface area contributed by atoms with Crippen molar-refractivity contribution in [2.75, 3.05) is 31.1 Å². The van der Waals surface area contributed by atoms with Crippen molar-refractivity contribution >= 4 is 17.3 Å². The van der Waals surface area contributed by atoms with Crippen LogP contribution in [-0.4, -0.2) is 46.9 Å². The first-order chi connectivity index (χ1) is 11.1. The van der Waals surface area contributed by atoms with Crippen molar-refractivity contribution < 1.29 is 9.72 Å². The zero-order valence-corrected chi connectivity index (χ0v) is 12.5. The van der Waals surface area contributed by atoms with Crippen LogP contribution in [0.5, 0.6) is 0 Å². The minimum atomic E-state index is -0.488. The lowest BCUT2D eigenvalue weighted by Crippen LogP contribution is -2.48. The number of non-ortho nitro benzene ring substituents is 1. The van der Waals surface area contributed by atoms with E-state index in [4.69, 9.17) is 0 Å². The normalized spacial score (nSPS) is 14.6. The molecule has 0 aliphatic carbocycles. The zero-order chi connectivity index (χ0) is 16.2. The lowest BCUT2D eigenvalue weighted by Gasteiger charge is -2.36. The van der Waals surface area contributed by atoms with E-state index in [9.17, 15) is 14.9 Å². The quantitative estimate of drug-likeness (QED) is 0.639. The van der Waals surface area contributed by atoms with Crippen molar-refractivity contribution in [3.05, 3.63) is 64.5 Å². The van der Waals surface area contributed by atoms with E-state index in [1.165, 1.54) is 12.1 Å². The molecule has 1 aromatic heterocycles. The number of nitro benzene ring substituents is 1. The van der Waals surface area contributed by atoms with Gasteiger partial charge in [-0.3, -0.25) is 19.9 Å². The topological polar surface area (TPSA) is 79.6 Å². The molecule has 7 nitrogen and oxygen atoms in total. The van der Waals surface area contributed by atoms with Gasteiger partial charge in [0.15, 0.2) is 0 Å². The van der Waals surface area contributed by atoms with E-state index in [-0.39, 0.29) is 11.6 Å². The number of anilines is 1. The second kappa shape index (κ2) is 6.43. The Morgan fingerprint density at radius 3 is 2.43 bits per heavy atom. The summed E-state index contributed by atoms with van der Waals surface area (Å²) in [7, 11) is 0. The van der Waals surface area contributed by atoms with E-state index in [1.54, 1.807) is 29.4 Å². The van der Waals surface area contributed by atoms with Gasteiger partial charge in [0.1, 0.15) is 0 Å². The summed E-state index contributed by atoms with van der Waals surface area (Å²) in [5, 5.41) is 10.8. The molecule has 0 bridgehead atoms. The number of pyridine rings is 1. The number of hydrogen-bond donors (Lipinski definition) is 0. The Kier molecular flexibility index (Phi) is 4.18. The summed E-state index contributed by atoms with van der Waals surface area (Å²) in [5.41, 5.74) is 1.38. The van der Waals surface area contributed by atoms with Gasteiger partial charge in [0, 0.05) is 62.0 Å². The van der Waals surface area contributed by atoms with Gasteiger partial charge in [0.25, 0.3) is 11.6 Å². The Bertz CT molecular complexity index is 712. The molecule has 1 aliphatic heterocycles. The first-order valence-corrected chi connectivity index (χ1v) is 7.34. The van der Waals surface area contributed by atoms with Crippen LogP contribution in [0, 0.1) is 10.1 Å². The van der Waals surface area contributed by atoms with Crippen LogP contribution in [0.3, 0.4) is 0 Å². The molecule has 1 aromatic carbocycles. The number of carbonyl (C=O) groups excluding carboxylic acids is 1. The molecule has 7 heteroatoms. The number of rotatable bonds is 3. The van der Waals surface area contributed by atoms with Gasteiger partial charge in [-0.15, -0.1) is 0 Å². The van der Waals surface area contributed by atoms with Crippen LogP contribution in [0.15, 0.2) is 48.8 Å². The molecule has 0 unspecified atom stereocenters. The fraction of sp³-hybridized carbons (Fsp3) is 0.250. The summed E-state index contributed by atoms with van der Waals surface area (Å²) in [5.74, 6) is -0.164. The number of piperazine rings is 1. The van der Waals surface area contributed by atoms with Gasteiger partial charge in [-0.2, -0.15) is 0 Å². The Morgan fingerprint density at radius 1 is 1.09 bits per heavy atom. The second-order valence-electron chi connectivity index (χ2n) is 5.29. The predicted octanol–water partition coefficient (Wildman–Crippen LogP) is 1.95. The van der Waals surface area contributed by atoms with Crippen LogP contribution >= 0.6 is 0 Å². The minimum absolute atomic E-state index is 0.0636. The molecular formula is C16H16N4O3. The average Bonchev–Trinajstić information content (AvgIpc) is 2.62. The van der Waals surface area contributed by atoms with Crippen LogP contribution in [0.2, 0.25) is 0 Å². The molecule has 2 aromatic rings. The van der Waals surface area contributed by atoms with Gasteiger partial charge in [0.2, 0.25) is 0 Å². The van der Waals surface area contributed by atoms with E-state index < -0.39 is 4.92 Å². The Balaban J connectivity index is 1.66. The monoisotopic (exact) mass is 312 g/mol. The lowest BCUT2D eigenvalue weighted by molar-refractivity contribution is -0.384. The maximum Gasteiger partial charge on any atom is 0.270 e. The molecule has 118 valence electrons. The van der Waals surface area contributed by atoms with Gasteiger partial charge in [-0.1, -0.05) is 6.07 Å². The maximum absolute atomic E-state index is 12.5. The third-order valence-electron chi connectivity index (χ3n) is 3.90. The number of hydrogen-bond acceptors (Lipinski definition) is 5. The first kappa shape index (κ1) is 15.0. The van der Waals surface area contributed by atoms with Gasteiger partial charge in [-0.25, -0.2) is 0 Å². The Labute approximate surface area is 133 Å². The maximum atomic E-state index is 12.5. The van der Waals surface area contributed by atoms with E-state index in [0.717, 1.165) is 18.8 Å². The molecule has 2 heterocycles. The van der Waals surface area contributed by atoms with Crippen molar-refractivity contribution in [2.45, 2.75) is 0 Å². The van der Waals surface area contributed by atoms with Crippen LogP contribution in [-0.2, 0) is 0 Å². The molecular weight excluding hydrogens is 296 g/mol. The van der Waals surface area contributed by atoms with Crippen molar-refractivity contribution in [1.29, 1.82) is 0 Å². The molecule has 23 heavy (non-hydrogen) atoms. The number of aromatic nitrogens is 1. The fourth-order valence-electron chi connectivity index (χ4n) is 2.66. The number of carbonyl (C=O) groups is 1. The Hall–Kier alpha value is -2.96. The van der Waals surface area contributed by atoms with E-state index in [2.05, 4.69) is 9.88 Å². The van der Waals surface area contributed by atoms with Crippen molar-refractivity contribution in [3.63, 3.8) is 0 Å². The van der Waals surface area contributed by atoms with Gasteiger partial charge in [-0.05, 0) is 18.2 Å². The third kappa shape index (κ3) is 3.28. The second-order valence-corrected chi connectivity index (χ2v) is 5.29. The minimum Gasteiger partial charge on any atom is -0.368 e. The SMILES string of the molecule is O=C(c1cccc([N+](=O)[O-])c1)N1CCN(c2ccncc2)CC1. The highest BCUT2D eigenvalue weighted by Crippen LogP contribution is 2.18. The number of nitro groups is 1. The molecule has 0 N–H and O–H groups in total. The largest absolute Gasteiger partial charge is 0.368 e. The molecule has 1 fully saturated rings. The first-order valence-electron chi connectivity index (χ1n) is 7.34. The summed E-state index contributed by atoms with van der Waals surface area (Å²) < 4.78 is 0. The fourth-order valence-corrected chi connectivity index (χ4v) is 2.66.